The first kappa shape index (κ1) is 30.0. The lowest BCUT2D eigenvalue weighted by Gasteiger charge is -2.25. The van der Waals surface area contributed by atoms with E-state index < -0.39 is 60.6 Å². The highest BCUT2D eigenvalue weighted by molar-refractivity contribution is 5.94. The molecule has 10 N–H and O–H groups in total. The molecular formula is C25H32N4O9. The predicted molar refractivity (Wildman–Crippen MR) is 134 cm³/mol. The van der Waals surface area contributed by atoms with E-state index in [9.17, 15) is 39.6 Å². The van der Waals surface area contributed by atoms with Gasteiger partial charge in [0.1, 0.15) is 23.6 Å². The zero-order chi connectivity index (χ0) is 28.4. The number of carboxylic acid groups (broad SMARTS) is 1. The van der Waals surface area contributed by atoms with E-state index in [0.717, 1.165) is 6.92 Å². The van der Waals surface area contributed by atoms with Crippen LogP contribution in [0.5, 0.6) is 11.5 Å². The van der Waals surface area contributed by atoms with Crippen molar-refractivity contribution in [2.45, 2.75) is 50.0 Å². The smallest absolute Gasteiger partial charge is 0.328 e. The molecular weight excluding hydrogens is 500 g/mol. The molecule has 0 fully saturated rings. The van der Waals surface area contributed by atoms with E-state index in [2.05, 4.69) is 10.6 Å². The minimum Gasteiger partial charge on any atom is -0.508 e. The van der Waals surface area contributed by atoms with Crippen LogP contribution in [0.3, 0.4) is 0 Å². The van der Waals surface area contributed by atoms with E-state index in [0.29, 0.717) is 11.1 Å². The van der Waals surface area contributed by atoms with Crippen LogP contribution in [0.1, 0.15) is 18.1 Å². The number of hydrogen-bond acceptors (Lipinski definition) is 9. The van der Waals surface area contributed by atoms with E-state index in [1.54, 1.807) is 12.1 Å². The van der Waals surface area contributed by atoms with E-state index in [1.807, 2.05) is 5.32 Å². The number of carboxylic acids is 1. The summed E-state index contributed by atoms with van der Waals surface area (Å²) in [4.78, 5) is 49.7. The number of aromatic hydroxyl groups is 2. The van der Waals surface area contributed by atoms with Gasteiger partial charge < -0.3 is 47.2 Å². The minimum atomic E-state index is -1.68. The van der Waals surface area contributed by atoms with Gasteiger partial charge in [-0.1, -0.05) is 24.3 Å². The predicted octanol–water partition coefficient (Wildman–Crippen LogP) is -1.88. The zero-order valence-electron chi connectivity index (χ0n) is 20.6. The van der Waals surface area contributed by atoms with Gasteiger partial charge in [-0.05, 0) is 48.7 Å². The van der Waals surface area contributed by atoms with Crippen molar-refractivity contribution in [1.82, 2.24) is 16.0 Å². The van der Waals surface area contributed by atoms with Crippen molar-refractivity contribution >= 4 is 23.7 Å². The van der Waals surface area contributed by atoms with E-state index in [-0.39, 0.29) is 24.3 Å². The SMILES string of the molecule is CC(O)C(NC(=O)C(CO)NC(=O)C(Cc1ccc(O)cc1)NC(=O)C(N)Cc1ccc(O)cc1)C(=O)O. The fourth-order valence-corrected chi connectivity index (χ4v) is 3.44. The standard InChI is InChI=1S/C25H32N4O9/c1-13(31)21(25(37)38)29-24(36)20(12-30)28-23(35)19(11-15-4-8-17(33)9-5-15)27-22(34)18(26)10-14-2-6-16(32)7-3-14/h2-9,13,18-21,30-33H,10-12,26H2,1H3,(H,27,34)(H,28,35)(H,29,36)(H,37,38). The summed E-state index contributed by atoms with van der Waals surface area (Å²) in [6, 6.07) is 6.25. The van der Waals surface area contributed by atoms with Gasteiger partial charge in [-0.3, -0.25) is 14.4 Å². The van der Waals surface area contributed by atoms with Crippen molar-refractivity contribution in [2.75, 3.05) is 6.61 Å². The Bertz CT molecular complexity index is 1110. The molecule has 13 nitrogen and oxygen atoms in total. The second-order valence-corrected chi connectivity index (χ2v) is 8.72. The highest BCUT2D eigenvalue weighted by Crippen LogP contribution is 2.13. The lowest BCUT2D eigenvalue weighted by Crippen LogP contribution is -2.59. The van der Waals surface area contributed by atoms with Gasteiger partial charge in [-0.25, -0.2) is 4.79 Å². The van der Waals surface area contributed by atoms with Gasteiger partial charge in [-0.2, -0.15) is 0 Å². The highest BCUT2D eigenvalue weighted by Gasteiger charge is 2.31. The van der Waals surface area contributed by atoms with Crippen molar-refractivity contribution in [2.24, 2.45) is 5.73 Å². The van der Waals surface area contributed by atoms with Crippen LogP contribution in [0.4, 0.5) is 0 Å². The highest BCUT2D eigenvalue weighted by atomic mass is 16.4. The molecule has 0 aliphatic rings. The van der Waals surface area contributed by atoms with Gasteiger partial charge in [0, 0.05) is 6.42 Å². The number of carbonyl (C=O) groups is 4. The van der Waals surface area contributed by atoms with Crippen LogP contribution in [-0.4, -0.2) is 86.1 Å². The third-order valence-corrected chi connectivity index (χ3v) is 5.60. The lowest BCUT2D eigenvalue weighted by atomic mass is 10.0. The molecule has 0 saturated carbocycles. The van der Waals surface area contributed by atoms with Crippen LogP contribution in [0, 0.1) is 0 Å². The number of phenols is 2. The number of benzene rings is 2. The molecule has 0 heterocycles. The molecule has 5 unspecified atom stereocenters. The number of nitrogens with one attached hydrogen (secondary N) is 3. The molecule has 0 aromatic heterocycles. The molecule has 0 spiro atoms. The number of rotatable bonds is 13. The zero-order valence-corrected chi connectivity index (χ0v) is 20.6. The number of carbonyl (C=O) groups excluding carboxylic acids is 3. The molecule has 13 heteroatoms. The summed E-state index contributed by atoms with van der Waals surface area (Å²) in [7, 11) is 0. The molecule has 2 aromatic rings. The molecule has 5 atom stereocenters. The normalized spacial score (nSPS) is 14.8. The first-order chi connectivity index (χ1) is 17.9. The van der Waals surface area contributed by atoms with Gasteiger partial charge in [0.05, 0.1) is 18.8 Å². The van der Waals surface area contributed by atoms with Crippen molar-refractivity contribution in [3.05, 3.63) is 59.7 Å². The van der Waals surface area contributed by atoms with E-state index >= 15 is 0 Å². The number of hydrogen-bond donors (Lipinski definition) is 9. The second-order valence-electron chi connectivity index (χ2n) is 8.72. The molecule has 38 heavy (non-hydrogen) atoms. The Morgan fingerprint density at radius 1 is 0.763 bits per heavy atom. The van der Waals surface area contributed by atoms with Crippen LogP contribution in [0.25, 0.3) is 0 Å². The summed E-state index contributed by atoms with van der Waals surface area (Å²) < 4.78 is 0. The van der Waals surface area contributed by atoms with Crippen LogP contribution in [-0.2, 0) is 32.0 Å². The summed E-state index contributed by atoms with van der Waals surface area (Å²) in [5.41, 5.74) is 7.22. The summed E-state index contributed by atoms with van der Waals surface area (Å²) >= 11 is 0. The van der Waals surface area contributed by atoms with E-state index in [4.69, 9.17) is 10.8 Å². The molecule has 2 rings (SSSR count). The second kappa shape index (κ2) is 13.9. The molecule has 206 valence electrons. The summed E-state index contributed by atoms with van der Waals surface area (Å²) in [6.07, 6.45) is -1.44. The van der Waals surface area contributed by atoms with Crippen molar-refractivity contribution in [3.8, 4) is 11.5 Å². The Morgan fingerprint density at radius 2 is 1.21 bits per heavy atom. The van der Waals surface area contributed by atoms with E-state index in [1.165, 1.54) is 36.4 Å². The fourth-order valence-electron chi connectivity index (χ4n) is 3.44. The van der Waals surface area contributed by atoms with Crippen molar-refractivity contribution in [3.63, 3.8) is 0 Å². The first-order valence-corrected chi connectivity index (χ1v) is 11.7. The van der Waals surface area contributed by atoms with Gasteiger partial charge >= 0.3 is 5.97 Å². The minimum absolute atomic E-state index is 0.0159. The molecule has 0 radical (unpaired) electrons. The van der Waals surface area contributed by atoms with Gasteiger partial charge in [0.15, 0.2) is 6.04 Å². The van der Waals surface area contributed by atoms with Crippen LogP contribution >= 0.6 is 0 Å². The number of amides is 3. The number of phenolic OH excluding ortho intramolecular Hbond substituents is 2. The van der Waals surface area contributed by atoms with Crippen molar-refractivity contribution in [1.29, 1.82) is 0 Å². The van der Waals surface area contributed by atoms with Gasteiger partial charge in [0.2, 0.25) is 17.7 Å². The quantitative estimate of drug-likeness (QED) is 0.139. The Kier molecular flexibility index (Phi) is 11.0. The Hall–Kier alpha value is -4.20. The third kappa shape index (κ3) is 9.03. The molecule has 0 saturated heterocycles. The Labute approximate surface area is 218 Å². The maximum Gasteiger partial charge on any atom is 0.328 e. The van der Waals surface area contributed by atoms with Gasteiger partial charge in [-0.15, -0.1) is 0 Å². The topological polar surface area (TPSA) is 232 Å². The molecule has 0 aliphatic heterocycles. The maximum atomic E-state index is 13.1. The largest absolute Gasteiger partial charge is 0.508 e. The average molecular weight is 533 g/mol. The number of aliphatic hydroxyl groups excluding tert-OH is 2. The third-order valence-electron chi connectivity index (χ3n) is 5.60. The first-order valence-electron chi connectivity index (χ1n) is 11.7. The average Bonchev–Trinajstić information content (AvgIpc) is 2.87. The molecule has 3 amide bonds. The van der Waals surface area contributed by atoms with Gasteiger partial charge in [0.25, 0.3) is 0 Å². The molecule has 2 aromatic carbocycles. The Balaban J connectivity index is 2.17. The maximum absolute atomic E-state index is 13.1. The number of aliphatic hydroxyl groups is 2. The Morgan fingerprint density at radius 3 is 1.66 bits per heavy atom. The summed E-state index contributed by atoms with van der Waals surface area (Å²) in [5, 5.41) is 54.2. The lowest BCUT2D eigenvalue weighted by molar-refractivity contribution is -0.145. The fraction of sp³-hybridized carbons (Fsp3) is 0.360. The monoisotopic (exact) mass is 532 g/mol. The number of aliphatic carboxylic acids is 1. The number of nitrogens with two attached hydrogens (primary N) is 1. The summed E-state index contributed by atoms with van der Waals surface area (Å²) in [6.45, 7) is 0.250. The molecule has 0 aliphatic carbocycles. The molecule has 0 bridgehead atoms. The van der Waals surface area contributed by atoms with Crippen LogP contribution in [0.15, 0.2) is 48.5 Å². The van der Waals surface area contributed by atoms with Crippen LogP contribution in [0.2, 0.25) is 0 Å². The van der Waals surface area contributed by atoms with Crippen LogP contribution < -0.4 is 21.7 Å². The van der Waals surface area contributed by atoms with Crippen molar-refractivity contribution < 1.29 is 44.7 Å². The summed E-state index contributed by atoms with van der Waals surface area (Å²) in [5.74, 6) is -4.12.